The fourth-order valence-electron chi connectivity index (χ4n) is 2.49. The largest absolute Gasteiger partial charge is 0.474 e. The zero-order valence-corrected chi connectivity index (χ0v) is 12.0. The van der Waals surface area contributed by atoms with Crippen molar-refractivity contribution in [1.82, 2.24) is 15.0 Å². The van der Waals surface area contributed by atoms with Crippen molar-refractivity contribution in [2.24, 2.45) is 0 Å². The fourth-order valence-corrected chi connectivity index (χ4v) is 2.49. The van der Waals surface area contributed by atoms with Gasteiger partial charge in [-0.2, -0.15) is 4.98 Å². The summed E-state index contributed by atoms with van der Waals surface area (Å²) in [7, 11) is 0. The van der Waals surface area contributed by atoms with Crippen LogP contribution in [-0.2, 0) is 0 Å². The molecule has 0 saturated carbocycles. The lowest BCUT2D eigenvalue weighted by Gasteiger charge is -2.32. The molecule has 3 rings (SSSR count). The fraction of sp³-hybridized carbons (Fsp3) is 0.400. The highest BCUT2D eigenvalue weighted by atomic mass is 16.5. The number of hydrogen-bond donors (Lipinski definition) is 1. The van der Waals surface area contributed by atoms with Crippen LogP contribution in [0.1, 0.15) is 18.5 Å². The van der Waals surface area contributed by atoms with Gasteiger partial charge in [0, 0.05) is 50.0 Å². The zero-order valence-electron chi connectivity index (χ0n) is 12.0. The molecule has 21 heavy (non-hydrogen) atoms. The van der Waals surface area contributed by atoms with E-state index in [0.29, 0.717) is 5.88 Å². The molecule has 0 bridgehead atoms. The maximum Gasteiger partial charge on any atom is 0.223 e. The molecule has 0 aromatic carbocycles. The third kappa shape index (κ3) is 3.39. The molecular formula is C15H18N5O. The summed E-state index contributed by atoms with van der Waals surface area (Å²) in [4.78, 5) is 14.8. The Labute approximate surface area is 124 Å². The van der Waals surface area contributed by atoms with Crippen molar-refractivity contribution >= 4 is 11.8 Å². The van der Waals surface area contributed by atoms with Crippen LogP contribution in [-0.4, -0.2) is 34.1 Å². The van der Waals surface area contributed by atoms with E-state index >= 15 is 0 Å². The van der Waals surface area contributed by atoms with Crippen LogP contribution in [0.3, 0.4) is 0 Å². The number of nitrogens with zero attached hydrogens (tertiary/aromatic N) is 4. The molecule has 2 aromatic heterocycles. The topological polar surface area (TPSA) is 77.2 Å². The number of piperidine rings is 1. The first-order valence-electron chi connectivity index (χ1n) is 7.05. The Bertz CT molecular complexity index is 576. The normalized spacial score (nSPS) is 16.0. The minimum absolute atomic E-state index is 0.158. The summed E-state index contributed by atoms with van der Waals surface area (Å²) in [5, 5.41) is 0. The lowest BCUT2D eigenvalue weighted by Crippen LogP contribution is -2.38. The number of ether oxygens (including phenoxy) is 1. The summed E-state index contributed by atoms with van der Waals surface area (Å²) in [5.41, 5.74) is 6.46. The molecule has 1 aliphatic heterocycles. The van der Waals surface area contributed by atoms with Gasteiger partial charge >= 0.3 is 0 Å². The van der Waals surface area contributed by atoms with Gasteiger partial charge in [0.25, 0.3) is 0 Å². The van der Waals surface area contributed by atoms with Gasteiger partial charge in [0.2, 0.25) is 11.8 Å². The van der Waals surface area contributed by atoms with Crippen molar-refractivity contribution in [3.8, 4) is 5.88 Å². The van der Waals surface area contributed by atoms with Gasteiger partial charge in [-0.1, -0.05) is 0 Å². The summed E-state index contributed by atoms with van der Waals surface area (Å²) >= 11 is 0. The summed E-state index contributed by atoms with van der Waals surface area (Å²) in [5.74, 6) is 1.81. The molecule has 0 atom stereocenters. The van der Waals surface area contributed by atoms with Crippen molar-refractivity contribution in [1.29, 1.82) is 0 Å². The molecule has 1 fully saturated rings. The smallest absolute Gasteiger partial charge is 0.223 e. The van der Waals surface area contributed by atoms with E-state index in [1.807, 2.05) is 25.1 Å². The summed E-state index contributed by atoms with van der Waals surface area (Å²) in [6.45, 7) is 3.72. The number of hydrogen-bond acceptors (Lipinski definition) is 6. The van der Waals surface area contributed by atoms with Crippen molar-refractivity contribution in [2.45, 2.75) is 25.9 Å². The quantitative estimate of drug-likeness (QED) is 0.922. The minimum atomic E-state index is 0.158. The molecule has 1 aliphatic rings. The Hall–Kier alpha value is -2.37. The van der Waals surface area contributed by atoms with Crippen molar-refractivity contribution in [3.63, 3.8) is 0 Å². The van der Waals surface area contributed by atoms with E-state index < -0.39 is 0 Å². The van der Waals surface area contributed by atoms with Crippen LogP contribution in [0.5, 0.6) is 5.88 Å². The number of nitrogen functional groups attached to an aromatic ring is 1. The van der Waals surface area contributed by atoms with Gasteiger partial charge in [-0.15, -0.1) is 0 Å². The first kappa shape index (κ1) is 13.6. The van der Waals surface area contributed by atoms with Crippen LogP contribution in [0, 0.1) is 13.0 Å². The number of aryl methyl sites for hydroxylation is 1. The second kappa shape index (κ2) is 5.95. The van der Waals surface area contributed by atoms with E-state index in [9.17, 15) is 0 Å². The SMILES string of the molecule is Cc1cc(OC2CCN(c3cc[c]cn3)CC2)nc(N)n1. The Morgan fingerprint density at radius 1 is 1.33 bits per heavy atom. The molecule has 109 valence electrons. The van der Waals surface area contributed by atoms with E-state index in [0.717, 1.165) is 37.4 Å². The van der Waals surface area contributed by atoms with Crippen LogP contribution < -0.4 is 15.4 Å². The third-order valence-corrected chi connectivity index (χ3v) is 3.50. The molecule has 2 N–H and O–H groups in total. The molecule has 0 amide bonds. The lowest BCUT2D eigenvalue weighted by molar-refractivity contribution is 0.163. The molecule has 6 heteroatoms. The van der Waals surface area contributed by atoms with E-state index in [1.165, 1.54) is 0 Å². The zero-order chi connectivity index (χ0) is 14.7. The standard InChI is InChI=1S/C15H18N5O/c1-11-10-14(19-15(16)18-11)21-12-5-8-20(9-6-12)13-4-2-3-7-17-13/h2,4,7,10,12H,5-6,8-9H2,1H3,(H2,16,18,19). The number of pyridine rings is 1. The van der Waals surface area contributed by atoms with Crippen molar-refractivity contribution < 1.29 is 4.74 Å². The summed E-state index contributed by atoms with van der Waals surface area (Å²) in [6.07, 6.45) is 3.72. The molecule has 0 spiro atoms. The number of rotatable bonds is 3. The molecule has 1 radical (unpaired) electrons. The predicted octanol–water partition coefficient (Wildman–Crippen LogP) is 1.61. The molecule has 0 unspecified atom stereocenters. The molecular weight excluding hydrogens is 266 g/mol. The summed E-state index contributed by atoms with van der Waals surface area (Å²) in [6, 6.07) is 8.62. The Morgan fingerprint density at radius 2 is 2.14 bits per heavy atom. The van der Waals surface area contributed by atoms with Gasteiger partial charge in [-0.05, 0) is 19.1 Å². The Morgan fingerprint density at radius 3 is 2.81 bits per heavy atom. The van der Waals surface area contributed by atoms with E-state index in [1.54, 1.807) is 6.20 Å². The maximum absolute atomic E-state index is 5.92. The lowest BCUT2D eigenvalue weighted by atomic mass is 10.1. The highest BCUT2D eigenvalue weighted by Gasteiger charge is 2.21. The van der Waals surface area contributed by atoms with Gasteiger partial charge in [0.05, 0.1) is 0 Å². The van der Waals surface area contributed by atoms with Crippen LogP contribution >= 0.6 is 0 Å². The second-order valence-electron chi connectivity index (χ2n) is 5.13. The average Bonchev–Trinajstić information content (AvgIpc) is 2.48. The molecule has 3 heterocycles. The van der Waals surface area contributed by atoms with Gasteiger partial charge < -0.3 is 15.4 Å². The van der Waals surface area contributed by atoms with Gasteiger partial charge in [-0.3, -0.25) is 0 Å². The Balaban J connectivity index is 1.58. The highest BCUT2D eigenvalue weighted by molar-refractivity contribution is 5.38. The predicted molar refractivity (Wildman–Crippen MR) is 80.1 cm³/mol. The highest BCUT2D eigenvalue weighted by Crippen LogP contribution is 2.21. The molecule has 0 aliphatic carbocycles. The van der Waals surface area contributed by atoms with Crippen molar-refractivity contribution in [3.05, 3.63) is 36.2 Å². The first-order valence-corrected chi connectivity index (χ1v) is 7.05. The number of anilines is 2. The summed E-state index contributed by atoms with van der Waals surface area (Å²) < 4.78 is 5.92. The van der Waals surface area contributed by atoms with Gasteiger partial charge in [0.15, 0.2) is 0 Å². The first-order chi connectivity index (χ1) is 10.2. The minimum Gasteiger partial charge on any atom is -0.474 e. The van der Waals surface area contributed by atoms with Gasteiger partial charge in [-0.25, -0.2) is 9.97 Å². The Kier molecular flexibility index (Phi) is 3.85. The third-order valence-electron chi connectivity index (χ3n) is 3.50. The van der Waals surface area contributed by atoms with E-state index in [2.05, 4.69) is 25.9 Å². The monoisotopic (exact) mass is 284 g/mol. The number of aromatic nitrogens is 3. The van der Waals surface area contributed by atoms with E-state index in [-0.39, 0.29) is 12.1 Å². The second-order valence-corrected chi connectivity index (χ2v) is 5.13. The van der Waals surface area contributed by atoms with Gasteiger partial charge in [0.1, 0.15) is 11.9 Å². The van der Waals surface area contributed by atoms with E-state index in [4.69, 9.17) is 10.5 Å². The number of nitrogens with two attached hydrogens (primary N) is 1. The van der Waals surface area contributed by atoms with Crippen LogP contribution in [0.2, 0.25) is 0 Å². The van der Waals surface area contributed by atoms with Crippen molar-refractivity contribution in [2.75, 3.05) is 23.7 Å². The maximum atomic E-state index is 5.92. The average molecular weight is 284 g/mol. The van der Waals surface area contributed by atoms with Crippen LogP contribution in [0.25, 0.3) is 0 Å². The molecule has 6 nitrogen and oxygen atoms in total. The van der Waals surface area contributed by atoms with Crippen LogP contribution in [0.4, 0.5) is 11.8 Å². The molecule has 1 saturated heterocycles. The van der Waals surface area contributed by atoms with Crippen LogP contribution in [0.15, 0.2) is 24.4 Å². The molecule has 2 aromatic rings.